The maximum absolute atomic E-state index is 13.8. The second-order valence-corrected chi connectivity index (χ2v) is 6.15. The molecule has 0 radical (unpaired) electrons. The van der Waals surface area contributed by atoms with Crippen LogP contribution in [0.3, 0.4) is 0 Å². The van der Waals surface area contributed by atoms with Crippen molar-refractivity contribution in [3.8, 4) is 5.75 Å². The maximum Gasteiger partial charge on any atom is 0.573 e. The zero-order valence-corrected chi connectivity index (χ0v) is 13.7. The number of carbonyl (C=O) groups excluding carboxylic acids is 1. The van der Waals surface area contributed by atoms with Gasteiger partial charge in [0, 0.05) is 19.0 Å². The molecule has 7 heteroatoms. The molecule has 3 nitrogen and oxygen atoms in total. The number of likely N-dealkylation sites (tertiary alicyclic amines) is 1. The van der Waals surface area contributed by atoms with Crippen LogP contribution < -0.4 is 4.74 Å². The van der Waals surface area contributed by atoms with Crippen LogP contribution in [0.15, 0.2) is 18.2 Å². The first-order valence-electron chi connectivity index (χ1n) is 8.05. The van der Waals surface area contributed by atoms with Crippen LogP contribution in [-0.2, 0) is 4.79 Å². The molecule has 1 aliphatic rings. The molecular formula is C17H21F4NO2. The monoisotopic (exact) mass is 347 g/mol. The van der Waals surface area contributed by atoms with Crippen LogP contribution in [0.25, 0.3) is 0 Å². The largest absolute Gasteiger partial charge is 0.573 e. The Hall–Kier alpha value is -1.79. The van der Waals surface area contributed by atoms with Crippen molar-refractivity contribution in [2.45, 2.75) is 45.4 Å². The van der Waals surface area contributed by atoms with Gasteiger partial charge in [0.1, 0.15) is 0 Å². The highest BCUT2D eigenvalue weighted by Gasteiger charge is 2.33. The molecule has 24 heavy (non-hydrogen) atoms. The topological polar surface area (TPSA) is 29.5 Å². The van der Waals surface area contributed by atoms with Crippen LogP contribution in [0.4, 0.5) is 17.6 Å². The Morgan fingerprint density at radius 1 is 1.33 bits per heavy atom. The van der Waals surface area contributed by atoms with Crippen molar-refractivity contribution in [2.75, 3.05) is 13.1 Å². The van der Waals surface area contributed by atoms with E-state index in [0.717, 1.165) is 18.6 Å². The number of alkyl halides is 3. The van der Waals surface area contributed by atoms with Gasteiger partial charge in [-0.15, -0.1) is 13.2 Å². The second-order valence-electron chi connectivity index (χ2n) is 6.15. The molecule has 1 atom stereocenters. The molecule has 1 heterocycles. The highest BCUT2D eigenvalue weighted by atomic mass is 19.4. The minimum absolute atomic E-state index is 0.0159. The molecule has 0 spiro atoms. The zero-order valence-electron chi connectivity index (χ0n) is 13.7. The fourth-order valence-electron chi connectivity index (χ4n) is 2.90. The van der Waals surface area contributed by atoms with E-state index in [2.05, 4.69) is 4.74 Å². The smallest absolute Gasteiger partial charge is 0.403 e. The molecule has 2 rings (SSSR count). The molecule has 0 aliphatic carbocycles. The summed E-state index contributed by atoms with van der Waals surface area (Å²) in [6, 6.07) is 3.56. The van der Waals surface area contributed by atoms with E-state index in [-0.39, 0.29) is 17.7 Å². The van der Waals surface area contributed by atoms with Crippen LogP contribution in [0.1, 0.15) is 44.6 Å². The fraction of sp³-hybridized carbons (Fsp3) is 0.588. The molecule has 1 aromatic carbocycles. The summed E-state index contributed by atoms with van der Waals surface area (Å²) in [6.07, 6.45) is -2.79. The number of amides is 1. The third-order valence-electron chi connectivity index (χ3n) is 4.49. The molecule has 0 bridgehead atoms. The van der Waals surface area contributed by atoms with Crippen molar-refractivity contribution in [3.63, 3.8) is 0 Å². The number of ether oxygens (including phenoxy) is 1. The Bertz CT molecular complexity index is 580. The Morgan fingerprint density at radius 2 is 1.96 bits per heavy atom. The molecule has 1 fully saturated rings. The van der Waals surface area contributed by atoms with E-state index >= 15 is 0 Å². The van der Waals surface area contributed by atoms with Crippen molar-refractivity contribution in [1.82, 2.24) is 4.90 Å². The van der Waals surface area contributed by atoms with E-state index in [0.29, 0.717) is 31.5 Å². The van der Waals surface area contributed by atoms with Crippen LogP contribution in [-0.4, -0.2) is 30.3 Å². The van der Waals surface area contributed by atoms with E-state index in [1.165, 1.54) is 6.07 Å². The predicted molar refractivity (Wildman–Crippen MR) is 81.1 cm³/mol. The summed E-state index contributed by atoms with van der Waals surface area (Å²) in [5, 5.41) is 0. The lowest BCUT2D eigenvalue weighted by atomic mass is 9.89. The van der Waals surface area contributed by atoms with Gasteiger partial charge in [-0.25, -0.2) is 4.39 Å². The first-order chi connectivity index (χ1) is 11.2. The second kappa shape index (κ2) is 7.40. The SMILES string of the molecule is CCC(C)C(=O)N1CCC(c2ccc(OC(F)(F)F)c(F)c2)CC1. The van der Waals surface area contributed by atoms with Gasteiger partial charge >= 0.3 is 6.36 Å². The standard InChI is InChI=1S/C17H21F4NO2/c1-3-11(2)16(23)22-8-6-12(7-9-22)13-4-5-15(14(18)10-13)24-17(19,20)21/h4-5,10-12H,3,6-9H2,1-2H3. The maximum atomic E-state index is 13.8. The lowest BCUT2D eigenvalue weighted by Crippen LogP contribution is -2.40. The fourth-order valence-corrected chi connectivity index (χ4v) is 2.90. The summed E-state index contributed by atoms with van der Waals surface area (Å²) in [5.41, 5.74) is 0.637. The number of hydrogen-bond donors (Lipinski definition) is 0. The number of carbonyl (C=O) groups is 1. The number of rotatable bonds is 4. The van der Waals surface area contributed by atoms with Crippen molar-refractivity contribution in [2.24, 2.45) is 5.92 Å². The Labute approximate surface area is 138 Å². The van der Waals surface area contributed by atoms with Gasteiger partial charge in [0.2, 0.25) is 5.91 Å². The first-order valence-corrected chi connectivity index (χ1v) is 8.05. The normalized spacial score (nSPS) is 17.7. The highest BCUT2D eigenvalue weighted by Crippen LogP contribution is 2.33. The number of benzene rings is 1. The Kier molecular flexibility index (Phi) is 5.72. The molecule has 0 saturated carbocycles. The molecule has 0 aromatic heterocycles. The molecule has 0 N–H and O–H groups in total. The van der Waals surface area contributed by atoms with Gasteiger partial charge in [-0.05, 0) is 42.9 Å². The van der Waals surface area contributed by atoms with E-state index in [1.54, 1.807) is 0 Å². The molecule has 1 amide bonds. The number of halogens is 4. The van der Waals surface area contributed by atoms with Crippen LogP contribution >= 0.6 is 0 Å². The number of piperidine rings is 1. The summed E-state index contributed by atoms with van der Waals surface area (Å²) in [7, 11) is 0. The van der Waals surface area contributed by atoms with Gasteiger partial charge in [-0.1, -0.05) is 19.9 Å². The average molecular weight is 347 g/mol. The first kappa shape index (κ1) is 18.5. The molecule has 1 unspecified atom stereocenters. The molecule has 1 saturated heterocycles. The molecular weight excluding hydrogens is 326 g/mol. The third kappa shape index (κ3) is 4.61. The number of hydrogen-bond acceptors (Lipinski definition) is 2. The number of nitrogens with zero attached hydrogens (tertiary/aromatic N) is 1. The van der Waals surface area contributed by atoms with Crippen molar-refractivity contribution >= 4 is 5.91 Å². The van der Waals surface area contributed by atoms with Gasteiger partial charge in [-0.2, -0.15) is 0 Å². The van der Waals surface area contributed by atoms with Crippen molar-refractivity contribution in [3.05, 3.63) is 29.6 Å². The van der Waals surface area contributed by atoms with Crippen LogP contribution in [0.2, 0.25) is 0 Å². The quantitative estimate of drug-likeness (QED) is 0.752. The molecule has 1 aliphatic heterocycles. The van der Waals surface area contributed by atoms with E-state index in [4.69, 9.17) is 0 Å². The van der Waals surface area contributed by atoms with E-state index in [9.17, 15) is 22.4 Å². The summed E-state index contributed by atoms with van der Waals surface area (Å²) in [5.74, 6) is -1.71. The van der Waals surface area contributed by atoms with Gasteiger partial charge < -0.3 is 9.64 Å². The summed E-state index contributed by atoms with van der Waals surface area (Å²) < 4.78 is 53.9. The van der Waals surface area contributed by atoms with E-state index < -0.39 is 17.9 Å². The molecule has 1 aromatic rings. The van der Waals surface area contributed by atoms with Crippen molar-refractivity contribution < 1.29 is 27.1 Å². The summed E-state index contributed by atoms with van der Waals surface area (Å²) in [6.45, 7) is 5.01. The van der Waals surface area contributed by atoms with Gasteiger partial charge in [0.05, 0.1) is 0 Å². The Morgan fingerprint density at radius 3 is 2.46 bits per heavy atom. The minimum Gasteiger partial charge on any atom is -0.403 e. The van der Waals surface area contributed by atoms with Gasteiger partial charge in [0.25, 0.3) is 0 Å². The lowest BCUT2D eigenvalue weighted by molar-refractivity contribution is -0.275. The van der Waals surface area contributed by atoms with E-state index in [1.807, 2.05) is 18.7 Å². The minimum atomic E-state index is -4.91. The van der Waals surface area contributed by atoms with Gasteiger partial charge in [0.15, 0.2) is 11.6 Å². The van der Waals surface area contributed by atoms with Gasteiger partial charge in [-0.3, -0.25) is 4.79 Å². The van der Waals surface area contributed by atoms with Crippen LogP contribution in [0, 0.1) is 11.7 Å². The third-order valence-corrected chi connectivity index (χ3v) is 4.49. The van der Waals surface area contributed by atoms with Crippen LogP contribution in [0.5, 0.6) is 5.75 Å². The highest BCUT2D eigenvalue weighted by molar-refractivity contribution is 5.78. The van der Waals surface area contributed by atoms with Crippen molar-refractivity contribution in [1.29, 1.82) is 0 Å². The predicted octanol–water partition coefficient (Wildman–Crippen LogP) is 4.48. The summed E-state index contributed by atoms with van der Waals surface area (Å²) in [4.78, 5) is 14.0. The Balaban J connectivity index is 1.99. The zero-order chi connectivity index (χ0) is 17.9. The lowest BCUT2D eigenvalue weighted by Gasteiger charge is -2.33. The summed E-state index contributed by atoms with van der Waals surface area (Å²) >= 11 is 0. The molecule has 134 valence electrons. The average Bonchev–Trinajstić information content (AvgIpc) is 2.54.